The van der Waals surface area contributed by atoms with Crippen LogP contribution in [-0.4, -0.2) is 11.6 Å². The first-order valence-corrected chi connectivity index (χ1v) is 5.99. The molecule has 0 aliphatic heterocycles. The molecule has 1 saturated carbocycles. The third-order valence-corrected chi connectivity index (χ3v) is 3.21. The van der Waals surface area contributed by atoms with Gasteiger partial charge in [-0.15, -0.1) is 0 Å². The van der Waals surface area contributed by atoms with Crippen LogP contribution in [0.15, 0.2) is 23.3 Å². The molecule has 0 spiro atoms. The molecule has 0 aromatic heterocycles. The fourth-order valence-corrected chi connectivity index (χ4v) is 1.61. The lowest BCUT2D eigenvalue weighted by Crippen LogP contribution is -2.20. The summed E-state index contributed by atoms with van der Waals surface area (Å²) >= 11 is 0. The molecule has 1 N–H and O–H groups in total. The second-order valence-electron chi connectivity index (χ2n) is 4.75. The van der Waals surface area contributed by atoms with Crippen LogP contribution in [0.5, 0.6) is 0 Å². The summed E-state index contributed by atoms with van der Waals surface area (Å²) in [4.78, 5) is 11.4. The molecule has 0 saturated heterocycles. The summed E-state index contributed by atoms with van der Waals surface area (Å²) in [6, 6.07) is 6.20. The van der Waals surface area contributed by atoms with Crippen LogP contribution >= 0.6 is 0 Å². The lowest BCUT2D eigenvalue weighted by Gasteiger charge is -2.05. The van der Waals surface area contributed by atoms with Gasteiger partial charge in [-0.05, 0) is 56.4 Å². The van der Waals surface area contributed by atoms with Gasteiger partial charge in [0.2, 0.25) is 5.91 Å². The number of hydrazone groups is 1. The van der Waals surface area contributed by atoms with Gasteiger partial charge < -0.3 is 0 Å². The van der Waals surface area contributed by atoms with Crippen LogP contribution < -0.4 is 5.43 Å². The second kappa shape index (κ2) is 4.70. The zero-order chi connectivity index (χ0) is 12.4. The van der Waals surface area contributed by atoms with Gasteiger partial charge >= 0.3 is 0 Å². The number of nitrogens with zero attached hydrogens (tertiary/aromatic N) is 1. The molecule has 1 aliphatic carbocycles. The van der Waals surface area contributed by atoms with Gasteiger partial charge in [0.1, 0.15) is 0 Å². The van der Waals surface area contributed by atoms with Crippen molar-refractivity contribution >= 4 is 11.6 Å². The molecule has 1 fully saturated rings. The van der Waals surface area contributed by atoms with Crippen LogP contribution in [0.3, 0.4) is 0 Å². The van der Waals surface area contributed by atoms with Crippen molar-refractivity contribution in [2.45, 2.75) is 33.6 Å². The quantitative estimate of drug-likeness (QED) is 0.629. The van der Waals surface area contributed by atoms with Gasteiger partial charge in [0.25, 0.3) is 0 Å². The highest BCUT2D eigenvalue weighted by Crippen LogP contribution is 2.28. The van der Waals surface area contributed by atoms with Crippen molar-refractivity contribution in [3.8, 4) is 0 Å². The highest BCUT2D eigenvalue weighted by molar-refractivity contribution is 5.99. The molecule has 0 bridgehead atoms. The maximum Gasteiger partial charge on any atom is 0.243 e. The van der Waals surface area contributed by atoms with Crippen molar-refractivity contribution in [1.82, 2.24) is 5.43 Å². The van der Waals surface area contributed by atoms with E-state index < -0.39 is 0 Å². The Hall–Kier alpha value is -1.64. The molecule has 90 valence electrons. The molecule has 0 atom stereocenters. The summed E-state index contributed by atoms with van der Waals surface area (Å²) in [6.45, 7) is 6.08. The van der Waals surface area contributed by atoms with Crippen molar-refractivity contribution in [1.29, 1.82) is 0 Å². The van der Waals surface area contributed by atoms with Crippen LogP contribution in [0.4, 0.5) is 0 Å². The minimum atomic E-state index is 0.0492. The number of hydrogen-bond donors (Lipinski definition) is 1. The molecule has 0 radical (unpaired) electrons. The molecule has 3 heteroatoms. The van der Waals surface area contributed by atoms with Gasteiger partial charge in [0.15, 0.2) is 0 Å². The third-order valence-electron chi connectivity index (χ3n) is 3.21. The standard InChI is InChI=1S/C14H18N2O/c1-9-4-5-13(8-10(9)2)11(3)15-16-14(17)12-6-7-12/h4-5,8,12H,6-7H2,1-3H3,(H,16,17)/b15-11-. The fraction of sp³-hybridized carbons (Fsp3) is 0.429. The Morgan fingerprint density at radius 1 is 1.29 bits per heavy atom. The zero-order valence-electron chi connectivity index (χ0n) is 10.6. The lowest BCUT2D eigenvalue weighted by molar-refractivity contribution is -0.122. The number of amides is 1. The van der Waals surface area contributed by atoms with E-state index in [1.165, 1.54) is 11.1 Å². The fourth-order valence-electron chi connectivity index (χ4n) is 1.61. The molecule has 3 nitrogen and oxygen atoms in total. The highest BCUT2D eigenvalue weighted by Gasteiger charge is 2.29. The predicted molar refractivity (Wildman–Crippen MR) is 69.0 cm³/mol. The molecular formula is C14H18N2O. The van der Waals surface area contributed by atoms with E-state index in [1.807, 2.05) is 13.0 Å². The number of hydrogen-bond acceptors (Lipinski definition) is 2. The number of carbonyl (C=O) groups excluding carboxylic acids is 1. The van der Waals surface area contributed by atoms with E-state index in [4.69, 9.17) is 0 Å². The Balaban J connectivity index is 2.06. The zero-order valence-corrected chi connectivity index (χ0v) is 10.6. The maximum absolute atomic E-state index is 11.4. The predicted octanol–water partition coefficient (Wildman–Crippen LogP) is 2.55. The smallest absolute Gasteiger partial charge is 0.243 e. The van der Waals surface area contributed by atoms with Crippen molar-refractivity contribution in [2.75, 3.05) is 0 Å². The molecular weight excluding hydrogens is 212 g/mol. The molecule has 1 aromatic rings. The van der Waals surface area contributed by atoms with Crippen LogP contribution in [0, 0.1) is 19.8 Å². The van der Waals surface area contributed by atoms with Gasteiger partial charge in [0.05, 0.1) is 5.71 Å². The minimum absolute atomic E-state index is 0.0492. The first kappa shape index (κ1) is 11.8. The van der Waals surface area contributed by atoms with E-state index >= 15 is 0 Å². The van der Waals surface area contributed by atoms with Crippen LogP contribution in [0.1, 0.15) is 36.5 Å². The van der Waals surface area contributed by atoms with Crippen LogP contribution in [0.25, 0.3) is 0 Å². The Kier molecular flexibility index (Phi) is 3.27. The monoisotopic (exact) mass is 230 g/mol. The van der Waals surface area contributed by atoms with E-state index in [2.05, 4.69) is 36.5 Å². The van der Waals surface area contributed by atoms with Gasteiger partial charge in [-0.1, -0.05) is 12.1 Å². The average molecular weight is 230 g/mol. The van der Waals surface area contributed by atoms with Gasteiger partial charge in [-0.25, -0.2) is 5.43 Å². The molecule has 17 heavy (non-hydrogen) atoms. The summed E-state index contributed by atoms with van der Waals surface area (Å²) in [5.74, 6) is 0.250. The largest absolute Gasteiger partial charge is 0.273 e. The van der Waals surface area contributed by atoms with Crippen molar-refractivity contribution < 1.29 is 4.79 Å². The average Bonchev–Trinajstić information content (AvgIpc) is 3.13. The minimum Gasteiger partial charge on any atom is -0.273 e. The van der Waals surface area contributed by atoms with E-state index in [0.29, 0.717) is 0 Å². The molecule has 0 heterocycles. The second-order valence-corrected chi connectivity index (χ2v) is 4.75. The first-order chi connectivity index (χ1) is 8.08. The lowest BCUT2D eigenvalue weighted by atomic mass is 10.0. The number of aryl methyl sites for hydroxylation is 2. The summed E-state index contributed by atoms with van der Waals surface area (Å²) in [6.07, 6.45) is 2.01. The topological polar surface area (TPSA) is 41.5 Å². The Morgan fingerprint density at radius 3 is 2.59 bits per heavy atom. The van der Waals surface area contributed by atoms with E-state index in [0.717, 1.165) is 24.1 Å². The highest BCUT2D eigenvalue weighted by atomic mass is 16.2. The van der Waals surface area contributed by atoms with Crippen molar-refractivity contribution in [3.05, 3.63) is 34.9 Å². The maximum atomic E-state index is 11.4. The van der Waals surface area contributed by atoms with E-state index in [1.54, 1.807) is 0 Å². The van der Waals surface area contributed by atoms with Crippen LogP contribution in [-0.2, 0) is 4.79 Å². The summed E-state index contributed by atoms with van der Waals surface area (Å²) in [5.41, 5.74) is 7.04. The van der Waals surface area contributed by atoms with E-state index in [-0.39, 0.29) is 11.8 Å². The Labute approximate surface area is 102 Å². The summed E-state index contributed by atoms with van der Waals surface area (Å²) in [5, 5.41) is 4.14. The molecule has 1 aromatic carbocycles. The number of nitrogens with one attached hydrogen (secondary N) is 1. The molecule has 1 aliphatic rings. The first-order valence-electron chi connectivity index (χ1n) is 5.99. The summed E-state index contributed by atoms with van der Waals surface area (Å²) < 4.78 is 0. The molecule has 1 amide bonds. The molecule has 0 unspecified atom stereocenters. The van der Waals surface area contributed by atoms with Crippen molar-refractivity contribution in [2.24, 2.45) is 11.0 Å². The SMILES string of the molecule is C/C(=N/NC(=O)C1CC1)c1ccc(C)c(C)c1. The van der Waals surface area contributed by atoms with Gasteiger partial charge in [0, 0.05) is 5.92 Å². The van der Waals surface area contributed by atoms with Gasteiger partial charge in [-0.3, -0.25) is 4.79 Å². The normalized spacial score (nSPS) is 15.8. The number of benzene rings is 1. The number of rotatable bonds is 3. The summed E-state index contributed by atoms with van der Waals surface area (Å²) in [7, 11) is 0. The molecule has 2 rings (SSSR count). The van der Waals surface area contributed by atoms with E-state index in [9.17, 15) is 4.79 Å². The van der Waals surface area contributed by atoms with Gasteiger partial charge in [-0.2, -0.15) is 5.10 Å². The Bertz CT molecular complexity index is 473. The number of carbonyl (C=O) groups is 1. The third kappa shape index (κ3) is 2.93. The van der Waals surface area contributed by atoms with Crippen molar-refractivity contribution in [3.63, 3.8) is 0 Å². The van der Waals surface area contributed by atoms with Crippen LogP contribution in [0.2, 0.25) is 0 Å². The Morgan fingerprint density at radius 2 is 2.00 bits per heavy atom.